The molecule has 1 heterocycles. The van der Waals surface area contributed by atoms with Crippen LogP contribution in [0.1, 0.15) is 30.4 Å². The Morgan fingerprint density at radius 1 is 0.789 bits per heavy atom. The van der Waals surface area contributed by atoms with Crippen molar-refractivity contribution in [3.63, 3.8) is 0 Å². The molecule has 1 aliphatic rings. The summed E-state index contributed by atoms with van der Waals surface area (Å²) in [6.07, 6.45) is 2.72. The third-order valence-electron chi connectivity index (χ3n) is 6.34. The summed E-state index contributed by atoms with van der Waals surface area (Å²) in [7, 11) is -7.64. The minimum atomic E-state index is -4.09. The van der Waals surface area contributed by atoms with Gasteiger partial charge in [0.15, 0.2) is 0 Å². The fourth-order valence-electron chi connectivity index (χ4n) is 4.22. The van der Waals surface area contributed by atoms with Crippen molar-refractivity contribution >= 4 is 26.0 Å². The predicted molar refractivity (Wildman–Crippen MR) is 141 cm³/mol. The number of nitrogens with zero attached hydrogens (tertiary/aromatic N) is 2. The van der Waals surface area contributed by atoms with E-state index in [1.165, 1.54) is 28.6 Å². The molecular formula is C27H30FN3O5S2. The molecule has 0 aromatic heterocycles. The zero-order valence-corrected chi connectivity index (χ0v) is 22.4. The fraction of sp³-hybridized carbons (Fsp3) is 0.296. The third-order valence-corrected chi connectivity index (χ3v) is 10.1. The Hall–Kier alpha value is -3.12. The zero-order chi connectivity index (χ0) is 27.2. The van der Waals surface area contributed by atoms with E-state index in [1.807, 2.05) is 0 Å². The van der Waals surface area contributed by atoms with E-state index in [2.05, 4.69) is 5.32 Å². The lowest BCUT2D eigenvalue weighted by Crippen LogP contribution is -2.40. The number of halogens is 1. The molecule has 1 fully saturated rings. The van der Waals surface area contributed by atoms with Gasteiger partial charge in [-0.2, -0.15) is 8.61 Å². The number of hydrogen-bond donors (Lipinski definition) is 1. The number of rotatable bonds is 10. The molecule has 0 bridgehead atoms. The van der Waals surface area contributed by atoms with Gasteiger partial charge in [-0.25, -0.2) is 21.2 Å². The first kappa shape index (κ1) is 27.9. The summed E-state index contributed by atoms with van der Waals surface area (Å²) in [5.41, 5.74) is 1.36. The molecule has 0 aliphatic carbocycles. The van der Waals surface area contributed by atoms with Crippen molar-refractivity contribution < 1.29 is 26.0 Å². The molecule has 0 saturated carbocycles. The van der Waals surface area contributed by atoms with Gasteiger partial charge in [0, 0.05) is 26.2 Å². The van der Waals surface area contributed by atoms with Crippen LogP contribution in [-0.4, -0.2) is 51.0 Å². The van der Waals surface area contributed by atoms with Crippen molar-refractivity contribution in [3.8, 4) is 0 Å². The summed E-state index contributed by atoms with van der Waals surface area (Å²) in [5.74, 6) is -1.09. The topological polar surface area (TPSA) is 104 Å². The number of carbonyl (C=O) groups excluding carboxylic acids is 1. The first-order chi connectivity index (χ1) is 18.2. The fourth-order valence-corrected chi connectivity index (χ4v) is 7.12. The van der Waals surface area contributed by atoms with E-state index < -0.39 is 38.3 Å². The molecule has 8 nitrogen and oxygen atoms in total. The van der Waals surface area contributed by atoms with Gasteiger partial charge in [0.25, 0.3) is 0 Å². The van der Waals surface area contributed by atoms with E-state index in [4.69, 9.17) is 0 Å². The van der Waals surface area contributed by atoms with E-state index in [1.54, 1.807) is 42.5 Å². The Morgan fingerprint density at radius 3 is 2.03 bits per heavy atom. The van der Waals surface area contributed by atoms with Crippen LogP contribution in [0.2, 0.25) is 0 Å². The second-order valence-electron chi connectivity index (χ2n) is 9.10. The second kappa shape index (κ2) is 12.2. The highest BCUT2D eigenvalue weighted by molar-refractivity contribution is 7.89. The van der Waals surface area contributed by atoms with Crippen molar-refractivity contribution in [3.05, 3.63) is 95.8 Å². The number of hydrogen-bond acceptors (Lipinski definition) is 5. The van der Waals surface area contributed by atoms with E-state index in [0.717, 1.165) is 35.7 Å². The lowest BCUT2D eigenvalue weighted by molar-refractivity contribution is -0.121. The van der Waals surface area contributed by atoms with E-state index >= 15 is 0 Å². The predicted octanol–water partition coefficient (Wildman–Crippen LogP) is 3.51. The Bertz CT molecular complexity index is 1440. The van der Waals surface area contributed by atoms with Crippen molar-refractivity contribution in [1.82, 2.24) is 13.9 Å². The van der Waals surface area contributed by atoms with Gasteiger partial charge < -0.3 is 5.32 Å². The molecule has 1 saturated heterocycles. The summed E-state index contributed by atoms with van der Waals surface area (Å²) in [6.45, 7) is 0.632. The first-order valence-electron chi connectivity index (χ1n) is 12.3. The van der Waals surface area contributed by atoms with Crippen LogP contribution in [0.25, 0.3) is 0 Å². The highest BCUT2D eigenvalue weighted by atomic mass is 32.2. The van der Waals surface area contributed by atoms with E-state index in [0.29, 0.717) is 24.2 Å². The van der Waals surface area contributed by atoms with Crippen molar-refractivity contribution in [2.24, 2.45) is 0 Å². The highest BCUT2D eigenvalue weighted by Crippen LogP contribution is 2.21. The normalized spacial score (nSPS) is 14.9. The van der Waals surface area contributed by atoms with Crippen molar-refractivity contribution in [2.75, 3.05) is 19.6 Å². The molecule has 3 aromatic carbocycles. The molecule has 4 rings (SSSR count). The summed E-state index contributed by atoms with van der Waals surface area (Å²) in [4.78, 5) is 12.9. The minimum absolute atomic E-state index is 0.0446. The number of benzene rings is 3. The number of amides is 1. The van der Waals surface area contributed by atoms with Gasteiger partial charge in [0.05, 0.1) is 16.3 Å². The standard InChI is InChI=1S/C27H30FN3O5S2/c28-24-11-15-26(16-12-24)38(35,36)31(20-23-7-3-1-4-8-23)21-27(32)29-19-22-9-13-25(14-10-22)37(33,34)30-17-5-2-6-18-30/h1,3-4,7-16H,2,5-6,17-21H2,(H,29,32). The lowest BCUT2D eigenvalue weighted by atomic mass is 10.2. The molecule has 38 heavy (non-hydrogen) atoms. The third kappa shape index (κ3) is 6.84. The maximum Gasteiger partial charge on any atom is 0.243 e. The lowest BCUT2D eigenvalue weighted by Gasteiger charge is -2.25. The van der Waals surface area contributed by atoms with Gasteiger partial charge in [-0.3, -0.25) is 4.79 Å². The van der Waals surface area contributed by atoms with Crippen LogP contribution < -0.4 is 5.32 Å². The Kier molecular flexibility index (Phi) is 8.93. The Balaban J connectivity index is 1.43. The summed E-state index contributed by atoms with van der Waals surface area (Å²) >= 11 is 0. The average molecular weight is 560 g/mol. The second-order valence-corrected chi connectivity index (χ2v) is 13.0. The molecule has 3 aromatic rings. The van der Waals surface area contributed by atoms with Crippen LogP contribution in [0.4, 0.5) is 4.39 Å². The molecule has 202 valence electrons. The highest BCUT2D eigenvalue weighted by Gasteiger charge is 2.28. The van der Waals surface area contributed by atoms with Crippen LogP contribution in [0.15, 0.2) is 88.7 Å². The zero-order valence-electron chi connectivity index (χ0n) is 20.8. The van der Waals surface area contributed by atoms with Gasteiger partial charge in [0.1, 0.15) is 5.82 Å². The molecule has 0 unspecified atom stereocenters. The van der Waals surface area contributed by atoms with Crippen LogP contribution in [0.5, 0.6) is 0 Å². The Labute approximate surface area is 223 Å². The van der Waals surface area contributed by atoms with Gasteiger partial charge in [0.2, 0.25) is 26.0 Å². The summed E-state index contributed by atoms with van der Waals surface area (Å²) in [6, 6.07) is 19.6. The van der Waals surface area contributed by atoms with E-state index in [9.17, 15) is 26.0 Å². The van der Waals surface area contributed by atoms with Gasteiger partial charge in [-0.05, 0) is 60.4 Å². The number of carbonyl (C=O) groups is 1. The molecule has 0 spiro atoms. The maximum atomic E-state index is 13.4. The van der Waals surface area contributed by atoms with Crippen LogP contribution in [0.3, 0.4) is 0 Å². The smallest absolute Gasteiger partial charge is 0.243 e. The van der Waals surface area contributed by atoms with Crippen LogP contribution in [-0.2, 0) is 37.9 Å². The quantitative estimate of drug-likeness (QED) is 0.410. The van der Waals surface area contributed by atoms with Crippen LogP contribution >= 0.6 is 0 Å². The molecule has 1 N–H and O–H groups in total. The molecule has 1 aliphatic heterocycles. The number of sulfonamides is 2. The van der Waals surface area contributed by atoms with Gasteiger partial charge >= 0.3 is 0 Å². The largest absolute Gasteiger partial charge is 0.351 e. The maximum absolute atomic E-state index is 13.4. The molecule has 11 heteroatoms. The molecule has 1 amide bonds. The van der Waals surface area contributed by atoms with Gasteiger partial charge in [-0.1, -0.05) is 48.9 Å². The minimum Gasteiger partial charge on any atom is -0.351 e. The SMILES string of the molecule is O=C(CN(Cc1ccccc1)S(=O)(=O)c1ccc(F)cc1)NCc1ccc(S(=O)(=O)N2CCCCC2)cc1. The number of piperidine rings is 1. The van der Waals surface area contributed by atoms with Crippen LogP contribution in [0, 0.1) is 5.82 Å². The molecule has 0 atom stereocenters. The average Bonchev–Trinajstić information content (AvgIpc) is 2.93. The van der Waals surface area contributed by atoms with Gasteiger partial charge in [-0.15, -0.1) is 0 Å². The van der Waals surface area contributed by atoms with Crippen molar-refractivity contribution in [2.45, 2.75) is 42.1 Å². The Morgan fingerprint density at radius 2 is 1.39 bits per heavy atom. The van der Waals surface area contributed by atoms with E-state index in [-0.39, 0.29) is 22.9 Å². The monoisotopic (exact) mass is 559 g/mol. The first-order valence-corrected chi connectivity index (χ1v) is 15.2. The summed E-state index contributed by atoms with van der Waals surface area (Å²) < 4.78 is 68.1. The molecular weight excluding hydrogens is 529 g/mol. The number of nitrogens with one attached hydrogen (secondary N) is 1. The van der Waals surface area contributed by atoms with Crippen molar-refractivity contribution in [1.29, 1.82) is 0 Å². The summed E-state index contributed by atoms with van der Waals surface area (Å²) in [5, 5.41) is 2.70. The molecule has 0 radical (unpaired) electrons.